The molecule has 0 fully saturated rings. The maximum absolute atomic E-state index is 12.0. The summed E-state index contributed by atoms with van der Waals surface area (Å²) >= 11 is 0. The Balaban J connectivity index is 1.67. The van der Waals surface area contributed by atoms with E-state index in [1.807, 2.05) is 38.1 Å². The van der Waals surface area contributed by atoms with E-state index in [1.165, 1.54) is 5.57 Å². The largest absolute Gasteiger partial charge is 0.497 e. The van der Waals surface area contributed by atoms with Crippen molar-refractivity contribution in [1.29, 1.82) is 0 Å². The van der Waals surface area contributed by atoms with Crippen LogP contribution in [-0.4, -0.2) is 35.9 Å². The van der Waals surface area contributed by atoms with Gasteiger partial charge in [0.15, 0.2) is 0 Å². The van der Waals surface area contributed by atoms with E-state index in [4.69, 9.17) is 9.15 Å². The van der Waals surface area contributed by atoms with Crippen LogP contribution in [0.2, 0.25) is 0 Å². The second-order valence-electron chi connectivity index (χ2n) is 9.36. The molecule has 1 aliphatic rings. The molecule has 7 heteroatoms. The van der Waals surface area contributed by atoms with E-state index < -0.39 is 0 Å². The molecule has 0 unspecified atom stereocenters. The summed E-state index contributed by atoms with van der Waals surface area (Å²) in [6.07, 6.45) is 4.09. The molecular formula is C25H36N4O3. The highest BCUT2D eigenvalue weighted by Gasteiger charge is 2.32. The molecule has 0 saturated carbocycles. The maximum atomic E-state index is 12.0. The van der Waals surface area contributed by atoms with Crippen molar-refractivity contribution in [2.75, 3.05) is 13.7 Å². The van der Waals surface area contributed by atoms with Gasteiger partial charge in [0, 0.05) is 24.6 Å². The molecule has 0 spiro atoms. The fourth-order valence-electron chi connectivity index (χ4n) is 4.43. The summed E-state index contributed by atoms with van der Waals surface area (Å²) in [5.74, 6) is 3.64. The first-order valence-corrected chi connectivity index (χ1v) is 11.5. The summed E-state index contributed by atoms with van der Waals surface area (Å²) in [5.41, 5.74) is 2.20. The molecule has 3 atom stereocenters. The van der Waals surface area contributed by atoms with Crippen molar-refractivity contribution in [2.45, 2.75) is 53.5 Å². The summed E-state index contributed by atoms with van der Waals surface area (Å²) in [6, 6.07) is 7.63. The van der Waals surface area contributed by atoms with Crippen molar-refractivity contribution in [3.63, 3.8) is 0 Å². The van der Waals surface area contributed by atoms with Gasteiger partial charge in [0.05, 0.1) is 7.11 Å². The molecule has 32 heavy (non-hydrogen) atoms. The molecule has 0 radical (unpaired) electrons. The van der Waals surface area contributed by atoms with Crippen LogP contribution < -0.4 is 15.4 Å². The SMILES string of the molecule is COc1ccc(-c2nnc(C[C@@H]3C[C@@H](C(C)C)[C@H](CNC(=O)NC(C)C)C=C3C)o2)cc1. The van der Waals surface area contributed by atoms with Gasteiger partial charge in [-0.25, -0.2) is 4.79 Å². The normalized spacial score (nSPS) is 20.9. The van der Waals surface area contributed by atoms with Crippen molar-refractivity contribution >= 4 is 6.03 Å². The molecule has 0 aliphatic heterocycles. The molecule has 1 aromatic heterocycles. The van der Waals surface area contributed by atoms with E-state index in [0.29, 0.717) is 42.0 Å². The molecule has 0 saturated heterocycles. The fraction of sp³-hybridized carbons (Fsp3) is 0.560. The number of hydrogen-bond acceptors (Lipinski definition) is 5. The number of hydrogen-bond donors (Lipinski definition) is 2. The summed E-state index contributed by atoms with van der Waals surface area (Å²) < 4.78 is 11.2. The molecule has 1 aromatic carbocycles. The number of carbonyl (C=O) groups is 1. The zero-order chi connectivity index (χ0) is 23.3. The maximum Gasteiger partial charge on any atom is 0.315 e. The smallest absolute Gasteiger partial charge is 0.315 e. The third-order valence-electron chi connectivity index (χ3n) is 6.23. The van der Waals surface area contributed by atoms with Gasteiger partial charge in [-0.3, -0.25) is 0 Å². The summed E-state index contributed by atoms with van der Waals surface area (Å²) in [5, 5.41) is 14.5. The molecule has 3 rings (SSSR count). The van der Waals surface area contributed by atoms with Crippen molar-refractivity contribution in [3.05, 3.63) is 41.8 Å². The number of aromatic nitrogens is 2. The van der Waals surface area contributed by atoms with Crippen LogP contribution in [0.1, 0.15) is 46.9 Å². The first-order chi connectivity index (χ1) is 15.3. The Morgan fingerprint density at radius 2 is 1.91 bits per heavy atom. The molecule has 0 bridgehead atoms. The lowest BCUT2D eigenvalue weighted by Gasteiger charge is -2.37. The van der Waals surface area contributed by atoms with Crippen LogP contribution in [0.15, 0.2) is 40.3 Å². The Morgan fingerprint density at radius 3 is 2.53 bits per heavy atom. The first-order valence-electron chi connectivity index (χ1n) is 11.5. The van der Waals surface area contributed by atoms with E-state index in [2.05, 4.69) is 47.7 Å². The number of methoxy groups -OCH3 is 1. The minimum absolute atomic E-state index is 0.104. The summed E-state index contributed by atoms with van der Waals surface area (Å²) in [7, 11) is 1.64. The van der Waals surface area contributed by atoms with Crippen LogP contribution in [0.3, 0.4) is 0 Å². The number of amides is 2. The number of nitrogens with zero attached hydrogens (tertiary/aromatic N) is 2. The van der Waals surface area contributed by atoms with Crippen LogP contribution in [0.4, 0.5) is 4.79 Å². The van der Waals surface area contributed by atoms with Gasteiger partial charge < -0.3 is 19.8 Å². The number of allylic oxidation sites excluding steroid dienone is 1. The predicted molar refractivity (Wildman–Crippen MR) is 125 cm³/mol. The van der Waals surface area contributed by atoms with Crippen LogP contribution >= 0.6 is 0 Å². The number of rotatable bonds is 8. The monoisotopic (exact) mass is 440 g/mol. The minimum Gasteiger partial charge on any atom is -0.497 e. The molecule has 174 valence electrons. The topological polar surface area (TPSA) is 89.3 Å². The van der Waals surface area contributed by atoms with E-state index in [0.717, 1.165) is 24.2 Å². The van der Waals surface area contributed by atoms with E-state index in [-0.39, 0.29) is 12.1 Å². The van der Waals surface area contributed by atoms with Gasteiger partial charge >= 0.3 is 6.03 Å². The predicted octanol–water partition coefficient (Wildman–Crippen LogP) is 4.85. The number of nitrogens with one attached hydrogen (secondary N) is 2. The zero-order valence-corrected chi connectivity index (χ0v) is 20.0. The third-order valence-corrected chi connectivity index (χ3v) is 6.23. The Morgan fingerprint density at radius 1 is 1.19 bits per heavy atom. The second kappa shape index (κ2) is 10.7. The van der Waals surface area contributed by atoms with Crippen LogP contribution in [-0.2, 0) is 6.42 Å². The number of urea groups is 1. The zero-order valence-electron chi connectivity index (χ0n) is 20.0. The number of carbonyl (C=O) groups excluding carboxylic acids is 1. The van der Waals surface area contributed by atoms with Crippen molar-refractivity contribution in [2.24, 2.45) is 23.7 Å². The van der Waals surface area contributed by atoms with Crippen LogP contribution in [0.25, 0.3) is 11.5 Å². The third kappa shape index (κ3) is 6.11. The molecule has 7 nitrogen and oxygen atoms in total. The van der Waals surface area contributed by atoms with Gasteiger partial charge in [-0.05, 0) is 75.1 Å². The van der Waals surface area contributed by atoms with E-state index in [1.54, 1.807) is 7.11 Å². The van der Waals surface area contributed by atoms with Gasteiger partial charge in [0.1, 0.15) is 5.75 Å². The van der Waals surface area contributed by atoms with Gasteiger partial charge in [-0.15, -0.1) is 10.2 Å². The van der Waals surface area contributed by atoms with Gasteiger partial charge in [0.25, 0.3) is 0 Å². The van der Waals surface area contributed by atoms with E-state index in [9.17, 15) is 4.79 Å². The standard InChI is InChI=1S/C25H36N4O3/c1-15(2)22-12-19(17(5)11-20(22)14-26-25(30)27-16(3)4)13-23-28-29-24(32-23)18-7-9-21(31-6)10-8-18/h7-11,15-16,19-20,22H,12-14H2,1-6H3,(H2,26,27,30)/t19-,20-,22-/m0/s1. The van der Waals surface area contributed by atoms with Gasteiger partial charge in [-0.2, -0.15) is 0 Å². The number of ether oxygens (including phenoxy) is 1. The van der Waals surface area contributed by atoms with Crippen molar-refractivity contribution in [1.82, 2.24) is 20.8 Å². The summed E-state index contributed by atoms with van der Waals surface area (Å²) in [4.78, 5) is 12.0. The molecule has 1 aliphatic carbocycles. The minimum atomic E-state index is -0.104. The molecular weight excluding hydrogens is 404 g/mol. The Hall–Kier alpha value is -2.83. The highest BCUT2D eigenvalue weighted by molar-refractivity contribution is 5.74. The molecule has 2 aromatic rings. The Kier molecular flexibility index (Phi) is 7.94. The summed E-state index contributed by atoms with van der Waals surface area (Å²) in [6.45, 7) is 11.3. The lowest BCUT2D eigenvalue weighted by Crippen LogP contribution is -2.43. The first kappa shape index (κ1) is 23.8. The van der Waals surface area contributed by atoms with Gasteiger partial charge in [0.2, 0.25) is 11.8 Å². The van der Waals surface area contributed by atoms with Gasteiger partial charge in [-0.1, -0.05) is 25.5 Å². The average molecular weight is 441 g/mol. The lowest BCUT2D eigenvalue weighted by atomic mass is 9.70. The molecule has 1 heterocycles. The van der Waals surface area contributed by atoms with Crippen LogP contribution in [0.5, 0.6) is 5.75 Å². The Bertz CT molecular complexity index is 918. The lowest BCUT2D eigenvalue weighted by molar-refractivity contribution is 0.210. The Labute approximate surface area is 191 Å². The fourth-order valence-corrected chi connectivity index (χ4v) is 4.43. The molecule has 2 N–H and O–H groups in total. The second-order valence-corrected chi connectivity index (χ2v) is 9.36. The van der Waals surface area contributed by atoms with Crippen molar-refractivity contribution in [3.8, 4) is 17.2 Å². The average Bonchev–Trinajstić information content (AvgIpc) is 3.21. The number of benzene rings is 1. The van der Waals surface area contributed by atoms with Crippen molar-refractivity contribution < 1.29 is 13.9 Å². The van der Waals surface area contributed by atoms with Crippen LogP contribution in [0, 0.1) is 23.7 Å². The molecule has 2 amide bonds. The van der Waals surface area contributed by atoms with E-state index >= 15 is 0 Å². The highest BCUT2D eigenvalue weighted by atomic mass is 16.5. The highest BCUT2D eigenvalue weighted by Crippen LogP contribution is 2.38. The quantitative estimate of drug-likeness (QED) is 0.573.